The highest BCUT2D eigenvalue weighted by Crippen LogP contribution is 2.30. The molecule has 1 N–H and O–H groups in total. The Hall–Kier alpha value is -2.28. The van der Waals surface area contributed by atoms with Crippen LogP contribution in [0, 0.1) is 13.8 Å². The second-order valence-electron chi connectivity index (χ2n) is 5.76. The molecule has 0 radical (unpaired) electrons. The average Bonchev–Trinajstić information content (AvgIpc) is 3.02. The van der Waals surface area contributed by atoms with Crippen LogP contribution >= 0.6 is 11.3 Å². The zero-order chi connectivity index (χ0) is 18.4. The highest BCUT2D eigenvalue weighted by molar-refractivity contribution is 7.11. The number of thiazole rings is 1. The Morgan fingerprint density at radius 2 is 1.92 bits per heavy atom. The number of nitrogens with zero attached hydrogens (tertiary/aromatic N) is 3. The summed E-state index contributed by atoms with van der Waals surface area (Å²) in [4.78, 5) is 12.0. The molecule has 2 rings (SSSR count). The van der Waals surface area contributed by atoms with Crippen molar-refractivity contribution in [1.29, 1.82) is 0 Å². The zero-order valence-corrected chi connectivity index (χ0v) is 16.5. The van der Waals surface area contributed by atoms with Crippen molar-refractivity contribution in [2.75, 3.05) is 28.3 Å². The van der Waals surface area contributed by atoms with E-state index in [2.05, 4.69) is 34.0 Å². The van der Waals surface area contributed by atoms with E-state index in [4.69, 9.17) is 9.47 Å². The van der Waals surface area contributed by atoms with Crippen molar-refractivity contribution in [1.82, 2.24) is 15.2 Å². The molecule has 0 bridgehead atoms. The number of ether oxygens (including phenoxy) is 2. The zero-order valence-electron chi connectivity index (χ0n) is 15.7. The molecule has 0 saturated heterocycles. The molecule has 1 aromatic carbocycles. The van der Waals surface area contributed by atoms with Crippen LogP contribution in [0.4, 0.5) is 0 Å². The molecule has 25 heavy (non-hydrogen) atoms. The monoisotopic (exact) mass is 362 g/mol. The number of methoxy groups -OCH3 is 2. The van der Waals surface area contributed by atoms with Gasteiger partial charge in [0.25, 0.3) is 0 Å². The second-order valence-corrected chi connectivity index (χ2v) is 7.07. The summed E-state index contributed by atoms with van der Waals surface area (Å²) in [6.07, 6.45) is 1.89. The Kier molecular flexibility index (Phi) is 6.64. The fourth-order valence-corrected chi connectivity index (χ4v) is 3.27. The van der Waals surface area contributed by atoms with Gasteiger partial charge in [-0.3, -0.25) is 4.99 Å². The van der Waals surface area contributed by atoms with Crippen molar-refractivity contribution in [3.8, 4) is 11.5 Å². The van der Waals surface area contributed by atoms with Crippen LogP contribution in [-0.4, -0.2) is 44.2 Å². The summed E-state index contributed by atoms with van der Waals surface area (Å²) >= 11 is 1.69. The molecule has 2 aromatic rings. The number of hydrogen-bond acceptors (Lipinski definition) is 5. The Morgan fingerprint density at radius 1 is 1.24 bits per heavy atom. The predicted octanol–water partition coefficient (Wildman–Crippen LogP) is 2.98. The van der Waals surface area contributed by atoms with Gasteiger partial charge >= 0.3 is 0 Å². The fourth-order valence-electron chi connectivity index (χ4n) is 2.55. The van der Waals surface area contributed by atoms with Crippen molar-refractivity contribution < 1.29 is 9.47 Å². The molecule has 0 aliphatic rings. The third-order valence-electron chi connectivity index (χ3n) is 3.89. The van der Waals surface area contributed by atoms with Gasteiger partial charge in [0, 0.05) is 31.7 Å². The van der Waals surface area contributed by atoms with Gasteiger partial charge in [0.1, 0.15) is 5.01 Å². The first-order chi connectivity index (χ1) is 12.0. The van der Waals surface area contributed by atoms with E-state index in [1.54, 1.807) is 32.6 Å². The van der Waals surface area contributed by atoms with Crippen LogP contribution in [0.25, 0.3) is 0 Å². The maximum absolute atomic E-state index is 5.41. The summed E-state index contributed by atoms with van der Waals surface area (Å²) in [5.41, 5.74) is 2.31. The molecule has 1 aromatic heterocycles. The molecule has 6 nitrogen and oxygen atoms in total. The molecule has 7 heteroatoms. The predicted molar refractivity (Wildman–Crippen MR) is 103 cm³/mol. The van der Waals surface area contributed by atoms with Gasteiger partial charge in [-0.05, 0) is 37.1 Å². The summed E-state index contributed by atoms with van der Waals surface area (Å²) in [6, 6.07) is 4.01. The lowest BCUT2D eigenvalue weighted by Gasteiger charge is -2.23. The van der Waals surface area contributed by atoms with E-state index in [-0.39, 0.29) is 0 Å². The molecule has 1 heterocycles. The molecule has 0 amide bonds. The van der Waals surface area contributed by atoms with Crippen LogP contribution in [0.15, 0.2) is 23.3 Å². The summed E-state index contributed by atoms with van der Waals surface area (Å²) in [5.74, 6) is 2.30. The molecule has 0 aliphatic carbocycles. The minimum atomic E-state index is 0.667. The number of nitrogens with one attached hydrogen (secondary N) is 1. The van der Waals surface area contributed by atoms with Gasteiger partial charge in [0.05, 0.1) is 20.8 Å². The van der Waals surface area contributed by atoms with E-state index in [0.29, 0.717) is 13.1 Å². The molecular weight excluding hydrogens is 336 g/mol. The first-order valence-electron chi connectivity index (χ1n) is 8.03. The van der Waals surface area contributed by atoms with Crippen LogP contribution in [0.1, 0.15) is 21.0 Å². The lowest BCUT2D eigenvalue weighted by molar-refractivity contribution is 0.353. The first-order valence-corrected chi connectivity index (χ1v) is 8.84. The smallest absolute Gasteiger partial charge is 0.194 e. The van der Waals surface area contributed by atoms with Crippen molar-refractivity contribution in [2.45, 2.75) is 26.9 Å². The summed E-state index contributed by atoms with van der Waals surface area (Å²) in [7, 11) is 7.10. The number of rotatable bonds is 6. The minimum Gasteiger partial charge on any atom is -0.493 e. The Balaban J connectivity index is 2.07. The largest absolute Gasteiger partial charge is 0.493 e. The van der Waals surface area contributed by atoms with Crippen LogP contribution < -0.4 is 14.8 Å². The lowest BCUT2D eigenvalue weighted by atomic mass is 10.1. The molecule has 0 aliphatic heterocycles. The van der Waals surface area contributed by atoms with E-state index in [1.165, 1.54) is 4.88 Å². The highest BCUT2D eigenvalue weighted by Gasteiger charge is 2.13. The number of hydrogen-bond donors (Lipinski definition) is 1. The maximum Gasteiger partial charge on any atom is 0.194 e. The number of aromatic nitrogens is 1. The van der Waals surface area contributed by atoms with Crippen LogP contribution in [0.2, 0.25) is 0 Å². The molecule has 0 atom stereocenters. The lowest BCUT2D eigenvalue weighted by Crippen LogP contribution is -2.38. The quantitative estimate of drug-likeness (QED) is 0.632. The number of aliphatic imine (C=N–C) groups is 1. The SMILES string of the molecule is CN=C(NCc1ncc(C)s1)N(C)Cc1cc(OC)c(OC)cc1C. The van der Waals surface area contributed by atoms with Gasteiger partial charge < -0.3 is 19.7 Å². The first kappa shape index (κ1) is 19.1. The fraction of sp³-hybridized carbons (Fsp3) is 0.444. The van der Waals surface area contributed by atoms with Crippen molar-refractivity contribution in [3.63, 3.8) is 0 Å². The van der Waals surface area contributed by atoms with E-state index in [1.807, 2.05) is 25.4 Å². The van der Waals surface area contributed by atoms with Gasteiger partial charge in [-0.1, -0.05) is 0 Å². The van der Waals surface area contributed by atoms with Crippen molar-refractivity contribution in [2.24, 2.45) is 4.99 Å². The molecule has 0 spiro atoms. The summed E-state index contributed by atoms with van der Waals surface area (Å²) in [5, 5.41) is 4.41. The molecular formula is C18H26N4O2S. The van der Waals surface area contributed by atoms with Gasteiger partial charge in [-0.15, -0.1) is 11.3 Å². The van der Waals surface area contributed by atoms with E-state index in [0.717, 1.165) is 33.6 Å². The van der Waals surface area contributed by atoms with E-state index >= 15 is 0 Å². The highest BCUT2D eigenvalue weighted by atomic mass is 32.1. The van der Waals surface area contributed by atoms with E-state index in [9.17, 15) is 0 Å². The normalized spacial score (nSPS) is 11.4. The molecule has 0 fully saturated rings. The van der Waals surface area contributed by atoms with Crippen LogP contribution in [-0.2, 0) is 13.1 Å². The Labute approximate surface area is 153 Å². The maximum atomic E-state index is 5.41. The van der Waals surface area contributed by atoms with Crippen LogP contribution in [0.5, 0.6) is 11.5 Å². The van der Waals surface area contributed by atoms with Gasteiger partial charge in [0.15, 0.2) is 17.5 Å². The van der Waals surface area contributed by atoms with E-state index < -0.39 is 0 Å². The van der Waals surface area contributed by atoms with Crippen LogP contribution in [0.3, 0.4) is 0 Å². The number of benzene rings is 1. The Morgan fingerprint density at radius 3 is 2.48 bits per heavy atom. The molecule has 0 unspecified atom stereocenters. The van der Waals surface area contributed by atoms with Gasteiger partial charge in [0.2, 0.25) is 0 Å². The van der Waals surface area contributed by atoms with Crippen molar-refractivity contribution >= 4 is 17.3 Å². The van der Waals surface area contributed by atoms with Gasteiger partial charge in [-0.2, -0.15) is 0 Å². The average molecular weight is 362 g/mol. The molecule has 0 saturated carbocycles. The number of guanidine groups is 1. The minimum absolute atomic E-state index is 0.667. The van der Waals surface area contributed by atoms with Gasteiger partial charge in [-0.25, -0.2) is 4.98 Å². The number of aryl methyl sites for hydroxylation is 2. The second kappa shape index (κ2) is 8.71. The third kappa shape index (κ3) is 4.85. The van der Waals surface area contributed by atoms with Crippen molar-refractivity contribution in [3.05, 3.63) is 39.3 Å². The topological polar surface area (TPSA) is 59.0 Å². The summed E-state index contributed by atoms with van der Waals surface area (Å²) < 4.78 is 10.8. The summed E-state index contributed by atoms with van der Waals surface area (Å²) in [6.45, 7) is 5.50. The molecule has 136 valence electrons. The standard InChI is InChI=1S/C18H26N4O2S/c1-12-7-15(23-5)16(24-6)8-14(12)11-22(4)18(19-3)21-10-17-20-9-13(2)25-17/h7-9H,10-11H2,1-6H3,(H,19,21). The third-order valence-corrected chi connectivity index (χ3v) is 4.80. The Bertz CT molecular complexity index is 743.